The minimum Gasteiger partial charge on any atom is -0.414 e. The van der Waals surface area contributed by atoms with Gasteiger partial charge >= 0.3 is 36.0 Å². The third-order valence-electron chi connectivity index (χ3n) is 4.38. The molecule has 14 heteroatoms. The van der Waals surface area contributed by atoms with Gasteiger partial charge in [0, 0.05) is 5.57 Å². The van der Waals surface area contributed by atoms with E-state index >= 15 is 0 Å². The number of aliphatic hydroxyl groups is 1. The molecule has 0 spiro atoms. The summed E-state index contributed by atoms with van der Waals surface area (Å²) in [6, 6.07) is 0. The quantitative estimate of drug-likeness (QED) is 0.411. The van der Waals surface area contributed by atoms with Crippen molar-refractivity contribution >= 4 is 5.97 Å². The van der Waals surface area contributed by atoms with Crippen LogP contribution >= 0.6 is 0 Å². The van der Waals surface area contributed by atoms with Crippen molar-refractivity contribution in [3.05, 3.63) is 12.2 Å². The van der Waals surface area contributed by atoms with E-state index in [0.29, 0.717) is 6.92 Å². The molecule has 1 rings (SSSR count). The van der Waals surface area contributed by atoms with Gasteiger partial charge in [0.25, 0.3) is 0 Å². The Morgan fingerprint density at radius 3 is 1.75 bits per heavy atom. The third-order valence-corrected chi connectivity index (χ3v) is 4.38. The third kappa shape index (κ3) is 2.70. The van der Waals surface area contributed by atoms with Crippen LogP contribution in [0.2, 0.25) is 0 Å². The van der Waals surface area contributed by atoms with Gasteiger partial charge in [-0.3, -0.25) is 0 Å². The minimum atomic E-state index is -6.69. The van der Waals surface area contributed by atoms with Gasteiger partial charge < -0.3 is 14.6 Å². The van der Waals surface area contributed by atoms with Crippen molar-refractivity contribution in [1.29, 1.82) is 0 Å². The zero-order valence-electron chi connectivity index (χ0n) is 14.4. The average molecular weight is 436 g/mol. The Labute approximate surface area is 151 Å². The highest BCUT2D eigenvalue weighted by atomic mass is 19.4. The predicted octanol–water partition coefficient (Wildman–Crippen LogP) is 4.13. The number of alkyl halides is 10. The molecule has 0 radical (unpaired) electrons. The number of halogens is 10. The summed E-state index contributed by atoms with van der Waals surface area (Å²) < 4.78 is 146. The van der Waals surface area contributed by atoms with Crippen molar-refractivity contribution in [1.82, 2.24) is 0 Å². The molecular formula is C14H14F10O4. The summed E-state index contributed by atoms with van der Waals surface area (Å²) in [5, 5.41) is 9.62. The summed E-state index contributed by atoms with van der Waals surface area (Å²) in [6.45, 7) is 3.05. The van der Waals surface area contributed by atoms with Crippen LogP contribution in [0, 0.1) is 0 Å². The van der Waals surface area contributed by atoms with Crippen LogP contribution in [0.4, 0.5) is 43.9 Å². The summed E-state index contributed by atoms with van der Waals surface area (Å²) in [7, 11) is 0. The van der Waals surface area contributed by atoms with Gasteiger partial charge in [-0.05, 0) is 20.3 Å². The number of hydrogen-bond donors (Lipinski definition) is 1. The lowest BCUT2D eigenvalue weighted by atomic mass is 9.71. The Balaban J connectivity index is 4.05. The second-order valence-electron chi connectivity index (χ2n) is 6.29. The molecular weight excluding hydrogens is 422 g/mol. The maximum absolute atomic E-state index is 14.5. The molecule has 0 amide bonds. The fourth-order valence-electron chi connectivity index (χ4n) is 2.61. The summed E-state index contributed by atoms with van der Waals surface area (Å²) in [5.74, 6) is -20.5. The van der Waals surface area contributed by atoms with Crippen molar-refractivity contribution in [3.8, 4) is 0 Å². The molecule has 3 atom stereocenters. The fourth-order valence-corrected chi connectivity index (χ4v) is 2.61. The second kappa shape index (κ2) is 6.21. The molecule has 1 heterocycles. The molecule has 0 saturated carbocycles. The van der Waals surface area contributed by atoms with Gasteiger partial charge in [-0.2, -0.15) is 43.9 Å². The van der Waals surface area contributed by atoms with Gasteiger partial charge in [-0.15, -0.1) is 0 Å². The molecule has 4 nitrogen and oxygen atoms in total. The van der Waals surface area contributed by atoms with Gasteiger partial charge in [0.05, 0.1) is 0 Å². The van der Waals surface area contributed by atoms with Crippen LogP contribution in [-0.2, 0) is 14.3 Å². The van der Waals surface area contributed by atoms with Crippen LogP contribution in [0.25, 0.3) is 0 Å². The number of carbonyl (C=O) groups excluding carboxylic acids is 1. The molecule has 0 aromatic heterocycles. The van der Waals surface area contributed by atoms with Gasteiger partial charge in [-0.1, -0.05) is 13.5 Å². The number of rotatable bonds is 3. The lowest BCUT2D eigenvalue weighted by molar-refractivity contribution is -0.555. The van der Waals surface area contributed by atoms with E-state index in [4.69, 9.17) is 0 Å². The standard InChI is InChI=1S/C14H14F10O4/c1-5-9(13(19,20)21)10(15,16)8(4,26)11(17,18)12(28-9,14(22,23)24)27-7(25)6(2)3/h26H,2,5H2,1,3-4H3. The number of carbonyl (C=O) groups is 1. The molecule has 0 aromatic rings. The lowest BCUT2D eigenvalue weighted by Gasteiger charge is -2.59. The van der Waals surface area contributed by atoms with Crippen LogP contribution < -0.4 is 0 Å². The molecule has 28 heavy (non-hydrogen) atoms. The van der Waals surface area contributed by atoms with Crippen LogP contribution in [0.15, 0.2) is 12.2 Å². The van der Waals surface area contributed by atoms with E-state index in [-0.39, 0.29) is 6.92 Å². The van der Waals surface area contributed by atoms with Crippen molar-refractivity contribution in [2.75, 3.05) is 0 Å². The molecule has 0 bridgehead atoms. The largest absolute Gasteiger partial charge is 0.462 e. The van der Waals surface area contributed by atoms with E-state index in [0.717, 1.165) is 0 Å². The van der Waals surface area contributed by atoms with Gasteiger partial charge in [0.15, 0.2) is 5.60 Å². The molecule has 0 aromatic carbocycles. The Morgan fingerprint density at radius 1 is 1.04 bits per heavy atom. The highest BCUT2D eigenvalue weighted by Crippen LogP contribution is 2.66. The molecule has 1 saturated heterocycles. The first kappa shape index (κ1) is 24.5. The molecule has 1 aliphatic rings. The summed E-state index contributed by atoms with van der Waals surface area (Å²) in [4.78, 5) is 11.5. The zero-order chi connectivity index (χ0) is 22.8. The first-order valence-electron chi connectivity index (χ1n) is 7.30. The Bertz CT molecular complexity index is 666. The monoisotopic (exact) mass is 436 g/mol. The van der Waals surface area contributed by atoms with E-state index in [2.05, 4.69) is 16.1 Å². The normalized spacial score (nSPS) is 35.4. The number of ether oxygens (including phenoxy) is 2. The van der Waals surface area contributed by atoms with Crippen molar-refractivity contribution < 1.29 is 63.3 Å². The van der Waals surface area contributed by atoms with Gasteiger partial charge in [0.1, 0.15) is 0 Å². The predicted molar refractivity (Wildman–Crippen MR) is 70.4 cm³/mol. The molecule has 1 N–H and O–H groups in total. The molecule has 0 aliphatic carbocycles. The fraction of sp³-hybridized carbons (Fsp3) is 0.786. The zero-order valence-corrected chi connectivity index (χ0v) is 14.4. The van der Waals surface area contributed by atoms with Crippen molar-refractivity contribution in [2.45, 2.75) is 68.4 Å². The SMILES string of the molecule is C=C(C)C(=O)OC1(C(F)(F)F)OC(CC)(C(F)(F)F)C(F)(F)C(C)(O)C1(F)F. The van der Waals surface area contributed by atoms with E-state index < -0.39 is 66.1 Å². The first-order valence-corrected chi connectivity index (χ1v) is 7.30. The summed E-state index contributed by atoms with van der Waals surface area (Å²) in [5.41, 5.74) is -11.6. The first-order chi connectivity index (χ1) is 12.1. The number of esters is 1. The van der Waals surface area contributed by atoms with Gasteiger partial charge in [0.2, 0.25) is 5.60 Å². The highest BCUT2D eigenvalue weighted by Gasteiger charge is 2.95. The van der Waals surface area contributed by atoms with Crippen LogP contribution in [0.5, 0.6) is 0 Å². The molecule has 3 unspecified atom stereocenters. The van der Waals surface area contributed by atoms with E-state index in [1.165, 1.54) is 0 Å². The molecule has 1 fully saturated rings. The summed E-state index contributed by atoms with van der Waals surface area (Å²) in [6.07, 6.45) is -15.1. The van der Waals surface area contributed by atoms with E-state index in [9.17, 15) is 53.8 Å². The van der Waals surface area contributed by atoms with Crippen LogP contribution in [0.3, 0.4) is 0 Å². The second-order valence-corrected chi connectivity index (χ2v) is 6.29. The van der Waals surface area contributed by atoms with Crippen LogP contribution in [0.1, 0.15) is 27.2 Å². The average Bonchev–Trinajstić information content (AvgIpc) is 2.46. The topological polar surface area (TPSA) is 55.8 Å². The van der Waals surface area contributed by atoms with Crippen molar-refractivity contribution in [2.24, 2.45) is 0 Å². The highest BCUT2D eigenvalue weighted by molar-refractivity contribution is 5.87. The van der Waals surface area contributed by atoms with Crippen molar-refractivity contribution in [3.63, 3.8) is 0 Å². The van der Waals surface area contributed by atoms with E-state index in [1.54, 1.807) is 0 Å². The van der Waals surface area contributed by atoms with Gasteiger partial charge in [-0.25, -0.2) is 4.79 Å². The smallest absolute Gasteiger partial charge is 0.414 e. The lowest BCUT2D eigenvalue weighted by Crippen LogP contribution is -2.87. The summed E-state index contributed by atoms with van der Waals surface area (Å²) >= 11 is 0. The van der Waals surface area contributed by atoms with E-state index in [1.807, 2.05) is 0 Å². The van der Waals surface area contributed by atoms with Crippen LogP contribution in [-0.4, -0.2) is 52.3 Å². The number of hydrogen-bond acceptors (Lipinski definition) is 4. The maximum Gasteiger partial charge on any atom is 0.462 e. The Hall–Kier alpha value is -1.57. The molecule has 164 valence electrons. The Morgan fingerprint density at radius 2 is 1.46 bits per heavy atom. The minimum absolute atomic E-state index is 0.267. The Kier molecular flexibility index (Phi) is 5.43. The maximum atomic E-state index is 14.5. The molecule has 1 aliphatic heterocycles.